The summed E-state index contributed by atoms with van der Waals surface area (Å²) in [6.45, 7) is 11.0. The van der Waals surface area contributed by atoms with Crippen molar-refractivity contribution >= 4 is 5.97 Å². The fraction of sp³-hybridized carbons (Fsp3) is 0.929. The molecular weight excluding hydrogens is 216 g/mol. The van der Waals surface area contributed by atoms with Crippen molar-refractivity contribution in [2.75, 3.05) is 6.61 Å². The highest BCUT2D eigenvalue weighted by atomic mass is 16.5. The lowest BCUT2D eigenvalue weighted by Gasteiger charge is -2.20. The van der Waals surface area contributed by atoms with Crippen LogP contribution in [0.15, 0.2) is 0 Å². The van der Waals surface area contributed by atoms with Gasteiger partial charge < -0.3 is 9.47 Å². The van der Waals surface area contributed by atoms with Crippen LogP contribution in [0.5, 0.6) is 0 Å². The van der Waals surface area contributed by atoms with Gasteiger partial charge in [-0.3, -0.25) is 4.79 Å². The number of hydrogen-bond donors (Lipinski definition) is 0. The summed E-state index contributed by atoms with van der Waals surface area (Å²) in [5, 5.41) is 0. The maximum atomic E-state index is 11.5. The summed E-state index contributed by atoms with van der Waals surface area (Å²) in [7, 11) is 0. The molecule has 0 aromatic carbocycles. The molecule has 0 heterocycles. The van der Waals surface area contributed by atoms with Gasteiger partial charge in [-0.2, -0.15) is 0 Å². The number of rotatable bonds is 9. The molecular formula is C14H28O3. The molecule has 2 atom stereocenters. The third-order valence-corrected chi connectivity index (χ3v) is 2.52. The number of ether oxygens (including phenoxy) is 2. The summed E-state index contributed by atoms with van der Waals surface area (Å²) in [6, 6.07) is 0. The minimum Gasteiger partial charge on any atom is -0.463 e. The summed E-state index contributed by atoms with van der Waals surface area (Å²) < 4.78 is 11.0. The Morgan fingerprint density at radius 3 is 2.29 bits per heavy atom. The molecule has 3 nitrogen and oxygen atoms in total. The van der Waals surface area contributed by atoms with Crippen molar-refractivity contribution in [3.05, 3.63) is 0 Å². The molecule has 0 rings (SSSR count). The Morgan fingerprint density at radius 2 is 1.82 bits per heavy atom. The average Bonchev–Trinajstić information content (AvgIpc) is 2.22. The van der Waals surface area contributed by atoms with Crippen LogP contribution in [-0.4, -0.2) is 24.8 Å². The molecule has 102 valence electrons. The first-order valence-electron chi connectivity index (χ1n) is 6.80. The van der Waals surface area contributed by atoms with Gasteiger partial charge in [-0.15, -0.1) is 0 Å². The number of carbonyl (C=O) groups excluding carboxylic acids is 1. The van der Waals surface area contributed by atoms with Crippen molar-refractivity contribution in [1.29, 1.82) is 0 Å². The van der Waals surface area contributed by atoms with Gasteiger partial charge in [0.1, 0.15) is 6.10 Å². The molecule has 0 saturated heterocycles. The predicted octanol–water partition coefficient (Wildman–Crippen LogP) is 3.56. The van der Waals surface area contributed by atoms with E-state index in [1.807, 2.05) is 20.8 Å². The largest absolute Gasteiger partial charge is 0.463 e. The van der Waals surface area contributed by atoms with Gasteiger partial charge in [0.05, 0.1) is 6.10 Å². The van der Waals surface area contributed by atoms with Crippen LogP contribution in [0.25, 0.3) is 0 Å². The Kier molecular flexibility index (Phi) is 9.14. The predicted molar refractivity (Wildman–Crippen MR) is 69.9 cm³/mol. The third kappa shape index (κ3) is 9.16. The van der Waals surface area contributed by atoms with Crippen LogP contribution in [0, 0.1) is 5.92 Å². The number of esters is 1. The molecule has 0 fully saturated rings. The molecule has 0 bridgehead atoms. The van der Waals surface area contributed by atoms with Crippen LogP contribution in [0.2, 0.25) is 0 Å². The van der Waals surface area contributed by atoms with Crippen molar-refractivity contribution < 1.29 is 14.3 Å². The van der Waals surface area contributed by atoms with E-state index in [4.69, 9.17) is 9.47 Å². The van der Waals surface area contributed by atoms with Gasteiger partial charge in [0.2, 0.25) is 0 Å². The van der Waals surface area contributed by atoms with E-state index in [2.05, 4.69) is 13.8 Å². The van der Waals surface area contributed by atoms with E-state index >= 15 is 0 Å². The second-order valence-corrected chi connectivity index (χ2v) is 5.04. The van der Waals surface area contributed by atoms with E-state index in [1.54, 1.807) is 0 Å². The zero-order valence-electron chi connectivity index (χ0n) is 12.0. The van der Waals surface area contributed by atoms with Gasteiger partial charge in [0, 0.05) is 19.4 Å². The lowest BCUT2D eigenvalue weighted by molar-refractivity contribution is -0.150. The smallest absolute Gasteiger partial charge is 0.306 e. The van der Waals surface area contributed by atoms with E-state index < -0.39 is 0 Å². The molecule has 0 aromatic heterocycles. The van der Waals surface area contributed by atoms with E-state index in [-0.39, 0.29) is 18.2 Å². The molecule has 0 aromatic rings. The molecule has 0 radical (unpaired) electrons. The standard InChI is InChI=1S/C14H28O3/c1-6-8-16-13(7-2)10-12(5)17-14(15)9-11(3)4/h11-13H,6-10H2,1-5H3. The summed E-state index contributed by atoms with van der Waals surface area (Å²) in [5.74, 6) is 0.255. The van der Waals surface area contributed by atoms with Crippen molar-refractivity contribution in [2.24, 2.45) is 5.92 Å². The van der Waals surface area contributed by atoms with Crippen LogP contribution in [0.4, 0.5) is 0 Å². The highest BCUT2D eigenvalue weighted by molar-refractivity contribution is 5.69. The molecule has 0 aliphatic heterocycles. The van der Waals surface area contributed by atoms with Crippen LogP contribution in [0.1, 0.15) is 60.3 Å². The topological polar surface area (TPSA) is 35.5 Å². The molecule has 0 saturated carbocycles. The van der Waals surface area contributed by atoms with Crippen molar-refractivity contribution in [3.8, 4) is 0 Å². The lowest BCUT2D eigenvalue weighted by atomic mass is 10.1. The number of hydrogen-bond acceptors (Lipinski definition) is 3. The van der Waals surface area contributed by atoms with Crippen LogP contribution in [0.3, 0.4) is 0 Å². The number of carbonyl (C=O) groups is 1. The minimum atomic E-state index is -0.0992. The van der Waals surface area contributed by atoms with Gasteiger partial charge in [0.25, 0.3) is 0 Å². The monoisotopic (exact) mass is 244 g/mol. The summed E-state index contributed by atoms with van der Waals surface area (Å²) in [6.07, 6.45) is 3.43. The molecule has 17 heavy (non-hydrogen) atoms. The Balaban J connectivity index is 3.88. The normalized spacial score (nSPS) is 14.7. The van der Waals surface area contributed by atoms with Crippen molar-refractivity contribution in [2.45, 2.75) is 72.5 Å². The summed E-state index contributed by atoms with van der Waals surface area (Å²) >= 11 is 0. The SMILES string of the molecule is CCCOC(CC)CC(C)OC(=O)CC(C)C. The van der Waals surface area contributed by atoms with Gasteiger partial charge in [-0.25, -0.2) is 0 Å². The van der Waals surface area contributed by atoms with Gasteiger partial charge in [-0.1, -0.05) is 27.7 Å². The molecule has 0 amide bonds. The average molecular weight is 244 g/mol. The highest BCUT2D eigenvalue weighted by Crippen LogP contribution is 2.12. The van der Waals surface area contributed by atoms with Gasteiger partial charge >= 0.3 is 5.97 Å². The fourth-order valence-corrected chi connectivity index (χ4v) is 1.66. The second kappa shape index (κ2) is 9.46. The molecule has 0 aliphatic carbocycles. The molecule has 2 unspecified atom stereocenters. The Labute approximate surface area is 106 Å². The van der Waals surface area contributed by atoms with Crippen LogP contribution in [-0.2, 0) is 14.3 Å². The molecule has 0 aliphatic rings. The summed E-state index contributed by atoms with van der Waals surface area (Å²) in [4.78, 5) is 11.5. The molecule has 0 N–H and O–H groups in total. The van der Waals surface area contributed by atoms with Crippen molar-refractivity contribution in [1.82, 2.24) is 0 Å². The lowest BCUT2D eigenvalue weighted by Crippen LogP contribution is -2.23. The van der Waals surface area contributed by atoms with Crippen molar-refractivity contribution in [3.63, 3.8) is 0 Å². The quantitative estimate of drug-likeness (QED) is 0.582. The van der Waals surface area contributed by atoms with E-state index in [1.165, 1.54) is 0 Å². The minimum absolute atomic E-state index is 0.0527. The maximum absolute atomic E-state index is 11.5. The Morgan fingerprint density at radius 1 is 1.18 bits per heavy atom. The third-order valence-electron chi connectivity index (χ3n) is 2.52. The Bertz CT molecular complexity index is 202. The van der Waals surface area contributed by atoms with Crippen LogP contribution >= 0.6 is 0 Å². The maximum Gasteiger partial charge on any atom is 0.306 e. The Hall–Kier alpha value is -0.570. The van der Waals surface area contributed by atoms with Gasteiger partial charge in [-0.05, 0) is 25.7 Å². The van der Waals surface area contributed by atoms with Gasteiger partial charge in [0.15, 0.2) is 0 Å². The molecule has 0 spiro atoms. The van der Waals surface area contributed by atoms with E-state index in [0.717, 1.165) is 25.9 Å². The molecule has 3 heteroatoms. The second-order valence-electron chi connectivity index (χ2n) is 5.04. The van der Waals surface area contributed by atoms with Crippen LogP contribution < -0.4 is 0 Å². The fourth-order valence-electron chi connectivity index (χ4n) is 1.66. The first kappa shape index (κ1) is 16.4. The highest BCUT2D eigenvalue weighted by Gasteiger charge is 2.16. The zero-order valence-corrected chi connectivity index (χ0v) is 12.0. The zero-order chi connectivity index (χ0) is 13.3. The van der Waals surface area contributed by atoms with E-state index in [9.17, 15) is 4.79 Å². The first-order valence-corrected chi connectivity index (χ1v) is 6.80. The first-order chi connectivity index (χ1) is 7.99. The summed E-state index contributed by atoms with van der Waals surface area (Å²) in [5.41, 5.74) is 0. The van der Waals surface area contributed by atoms with E-state index in [0.29, 0.717) is 12.3 Å².